The lowest BCUT2D eigenvalue weighted by atomic mass is 9.47. The van der Waals surface area contributed by atoms with Crippen molar-refractivity contribution in [3.63, 3.8) is 0 Å². The number of aliphatic hydroxyl groups excluding tert-OH is 1. The maximum Gasteiger partial charge on any atom is 0.309 e. The van der Waals surface area contributed by atoms with Crippen LogP contribution < -0.4 is 20.1 Å². The van der Waals surface area contributed by atoms with Crippen molar-refractivity contribution in [1.29, 1.82) is 5.26 Å². The number of benzene rings is 1. The Hall–Kier alpha value is -2.90. The first kappa shape index (κ1) is 27.3. The molecule has 4 N–H and O–H groups in total. The summed E-state index contributed by atoms with van der Waals surface area (Å²) < 4.78 is 25.8. The van der Waals surface area contributed by atoms with Gasteiger partial charge in [0.15, 0.2) is 0 Å². The van der Waals surface area contributed by atoms with Crippen LogP contribution in [-0.4, -0.2) is 52.6 Å². The molecule has 6 aliphatic rings. The number of rotatable bonds is 9. The highest BCUT2D eigenvalue weighted by Gasteiger charge is 2.70. The predicted octanol–water partition coefficient (Wildman–Crippen LogP) is 3.74. The first-order valence-corrected chi connectivity index (χ1v) is 14.4. The molecule has 0 spiro atoms. The van der Waals surface area contributed by atoms with E-state index in [-0.39, 0.29) is 46.9 Å². The Morgan fingerprint density at radius 3 is 2.40 bits per heavy atom. The van der Waals surface area contributed by atoms with Gasteiger partial charge in [0.05, 0.1) is 30.1 Å². The molecule has 6 aliphatic carbocycles. The summed E-state index contributed by atoms with van der Waals surface area (Å²) in [6, 6.07) is 5.06. The second-order valence-electron chi connectivity index (χ2n) is 13.3. The van der Waals surface area contributed by atoms with Gasteiger partial charge in [-0.1, -0.05) is 0 Å². The number of ether oxygens (including phenoxy) is 2. The Balaban J connectivity index is 1.18. The third-order valence-corrected chi connectivity index (χ3v) is 10.5. The number of nitrogens with zero attached hydrogens (tertiary/aromatic N) is 1. The van der Waals surface area contributed by atoms with Crippen molar-refractivity contribution >= 4 is 11.9 Å². The summed E-state index contributed by atoms with van der Waals surface area (Å²) >= 11 is 0. The standard InChI is InChI=1S/C30H38FN3O6/c1-28(27(37)38)7-5-19(6-8-28)40-21-11-20(22(39-2)10-18(21)12-32)25(35)33-24-17-4-3-16(9-17)23(24)26(36)34-30-13-29(31,14-30)15-30/h10-11,16-17,19,23-25,33,35H,3-9,13-15H2,1-2H3,(H,34,36)(H,37,38)/t16-,17+,19?,23+,24-,25?,28?,29?,30?/m1/s1. The van der Waals surface area contributed by atoms with E-state index in [2.05, 4.69) is 16.7 Å². The van der Waals surface area contributed by atoms with Gasteiger partial charge in [-0.25, -0.2) is 4.39 Å². The van der Waals surface area contributed by atoms with Gasteiger partial charge < -0.3 is 25.0 Å². The van der Waals surface area contributed by atoms with Crippen LogP contribution in [0.3, 0.4) is 0 Å². The minimum Gasteiger partial charge on any atom is -0.496 e. The molecule has 5 atom stereocenters. The summed E-state index contributed by atoms with van der Waals surface area (Å²) in [6.07, 6.45) is 4.68. The average Bonchev–Trinajstić information content (AvgIpc) is 3.50. The molecule has 9 nitrogen and oxygen atoms in total. The third-order valence-electron chi connectivity index (χ3n) is 10.5. The number of halogens is 1. The fraction of sp³-hybridized carbons (Fsp3) is 0.700. The molecule has 4 bridgehead atoms. The Kier molecular flexibility index (Phi) is 6.54. The van der Waals surface area contributed by atoms with Crippen molar-refractivity contribution < 1.29 is 33.7 Å². The number of aliphatic hydroxyl groups is 1. The van der Waals surface area contributed by atoms with Crippen LogP contribution in [-0.2, 0) is 9.59 Å². The first-order valence-electron chi connectivity index (χ1n) is 14.4. The largest absolute Gasteiger partial charge is 0.496 e. The minimum absolute atomic E-state index is 0.0554. The summed E-state index contributed by atoms with van der Waals surface area (Å²) in [5, 5.41) is 37.2. The van der Waals surface area contributed by atoms with Gasteiger partial charge in [-0.2, -0.15) is 5.26 Å². The summed E-state index contributed by atoms with van der Waals surface area (Å²) in [7, 11) is 1.47. The Morgan fingerprint density at radius 2 is 1.80 bits per heavy atom. The first-order chi connectivity index (χ1) is 19.0. The number of hydrogen-bond donors (Lipinski definition) is 4. The lowest BCUT2D eigenvalue weighted by molar-refractivity contribution is -0.177. The number of amides is 1. The number of carbonyl (C=O) groups is 2. The van der Waals surface area contributed by atoms with Gasteiger partial charge >= 0.3 is 5.97 Å². The van der Waals surface area contributed by atoms with Crippen LogP contribution >= 0.6 is 0 Å². The van der Waals surface area contributed by atoms with Crippen LogP contribution in [0.15, 0.2) is 12.1 Å². The normalized spacial score (nSPS) is 39.8. The zero-order valence-electron chi connectivity index (χ0n) is 23.0. The summed E-state index contributed by atoms with van der Waals surface area (Å²) in [6.45, 7) is 1.75. The molecule has 0 saturated heterocycles. The third kappa shape index (κ3) is 4.51. The molecule has 7 rings (SSSR count). The van der Waals surface area contributed by atoms with Crippen molar-refractivity contribution in [2.24, 2.45) is 23.2 Å². The van der Waals surface area contributed by atoms with Crippen LogP contribution in [0.4, 0.5) is 4.39 Å². The van der Waals surface area contributed by atoms with Crippen LogP contribution in [0, 0.1) is 34.5 Å². The number of carboxylic acids is 1. The molecule has 1 aromatic carbocycles. The van der Waals surface area contributed by atoms with E-state index < -0.39 is 23.3 Å². The molecule has 0 aliphatic heterocycles. The van der Waals surface area contributed by atoms with Crippen molar-refractivity contribution in [2.75, 3.05) is 7.11 Å². The molecule has 40 heavy (non-hydrogen) atoms. The molecule has 10 heteroatoms. The molecule has 6 fully saturated rings. The van der Waals surface area contributed by atoms with Gasteiger partial charge in [0, 0.05) is 42.5 Å². The molecule has 1 aromatic rings. The molecule has 1 unspecified atom stereocenters. The average molecular weight is 556 g/mol. The van der Waals surface area contributed by atoms with E-state index in [1.807, 2.05) is 0 Å². The topological polar surface area (TPSA) is 141 Å². The minimum atomic E-state index is -1.17. The van der Waals surface area contributed by atoms with Gasteiger partial charge in [-0.15, -0.1) is 0 Å². The number of methoxy groups -OCH3 is 1. The van der Waals surface area contributed by atoms with E-state index >= 15 is 0 Å². The van der Waals surface area contributed by atoms with E-state index in [9.17, 15) is 29.5 Å². The monoisotopic (exact) mass is 555 g/mol. The fourth-order valence-electron chi connectivity index (χ4n) is 8.21. The Morgan fingerprint density at radius 1 is 1.12 bits per heavy atom. The summed E-state index contributed by atoms with van der Waals surface area (Å²) in [5.74, 6) is -0.0455. The summed E-state index contributed by atoms with van der Waals surface area (Å²) in [5.41, 5.74) is -1.59. The lowest BCUT2D eigenvalue weighted by Gasteiger charge is -2.66. The van der Waals surface area contributed by atoms with Gasteiger partial charge in [0.1, 0.15) is 29.5 Å². The number of carboxylic acid groups (broad SMARTS) is 1. The molecule has 6 saturated carbocycles. The smallest absolute Gasteiger partial charge is 0.309 e. The predicted molar refractivity (Wildman–Crippen MR) is 141 cm³/mol. The summed E-state index contributed by atoms with van der Waals surface area (Å²) in [4.78, 5) is 25.0. The highest BCUT2D eigenvalue weighted by Crippen LogP contribution is 2.63. The molecule has 0 radical (unpaired) electrons. The maximum atomic E-state index is 14.0. The second-order valence-corrected chi connectivity index (χ2v) is 13.3. The van der Waals surface area contributed by atoms with Crippen molar-refractivity contribution in [3.8, 4) is 17.6 Å². The Labute approximate surface area is 233 Å². The molecule has 0 aromatic heterocycles. The van der Waals surface area contributed by atoms with E-state index in [0.717, 1.165) is 19.3 Å². The van der Waals surface area contributed by atoms with Gasteiger partial charge in [0.25, 0.3) is 0 Å². The Bertz CT molecular complexity index is 1230. The number of nitriles is 1. The SMILES string of the molecule is COc1cc(C#N)c(OC2CCC(C)(C(=O)O)CC2)cc1C(O)N[C@@H]1[C@H]2CC[C@H](C2)[C@@H]1C(=O)NC12CC(F)(C1)C2. The number of fused-ring (bicyclic) bond motifs is 2. The van der Waals surface area contributed by atoms with Crippen LogP contribution in [0.25, 0.3) is 0 Å². The molecule has 216 valence electrons. The number of aliphatic carboxylic acids is 1. The van der Waals surface area contributed by atoms with Crippen LogP contribution in [0.2, 0.25) is 0 Å². The van der Waals surface area contributed by atoms with Gasteiger partial charge in [-0.05, 0) is 69.8 Å². The zero-order valence-corrected chi connectivity index (χ0v) is 23.0. The zero-order chi connectivity index (χ0) is 28.4. The molecular weight excluding hydrogens is 517 g/mol. The lowest BCUT2D eigenvalue weighted by Crippen LogP contribution is -2.77. The highest BCUT2D eigenvalue weighted by molar-refractivity contribution is 5.82. The molecule has 1 amide bonds. The van der Waals surface area contributed by atoms with Crippen LogP contribution in [0.1, 0.15) is 88.5 Å². The van der Waals surface area contributed by atoms with E-state index in [1.54, 1.807) is 19.1 Å². The van der Waals surface area contributed by atoms with Crippen molar-refractivity contribution in [3.05, 3.63) is 23.3 Å². The van der Waals surface area contributed by atoms with E-state index in [4.69, 9.17) is 9.47 Å². The highest BCUT2D eigenvalue weighted by atomic mass is 19.1. The molecular formula is C30H38FN3O6. The molecule has 0 heterocycles. The van der Waals surface area contributed by atoms with Crippen LogP contribution in [0.5, 0.6) is 11.5 Å². The van der Waals surface area contributed by atoms with Gasteiger partial charge in [0.2, 0.25) is 5.91 Å². The maximum absolute atomic E-state index is 14.0. The second kappa shape index (κ2) is 9.59. The number of hydrogen-bond acceptors (Lipinski definition) is 7. The fourth-order valence-corrected chi connectivity index (χ4v) is 8.21. The number of alkyl halides is 1. The van der Waals surface area contributed by atoms with Crippen molar-refractivity contribution in [1.82, 2.24) is 10.6 Å². The quantitative estimate of drug-likeness (QED) is 0.338. The van der Waals surface area contributed by atoms with Crippen molar-refractivity contribution in [2.45, 2.75) is 101 Å². The van der Waals surface area contributed by atoms with E-state index in [1.165, 1.54) is 7.11 Å². The number of nitrogens with one attached hydrogen (secondary N) is 2. The van der Waals surface area contributed by atoms with Gasteiger partial charge in [-0.3, -0.25) is 14.9 Å². The number of carbonyl (C=O) groups excluding carboxylic acids is 1. The van der Waals surface area contributed by atoms with E-state index in [0.29, 0.717) is 62.0 Å².